The second kappa shape index (κ2) is 10.1. The van der Waals surface area contributed by atoms with E-state index < -0.39 is 0 Å². The molecule has 4 rings (SSSR count). The van der Waals surface area contributed by atoms with Crippen molar-refractivity contribution in [2.45, 2.75) is 24.4 Å². The van der Waals surface area contributed by atoms with Crippen molar-refractivity contribution in [1.82, 2.24) is 20.1 Å². The van der Waals surface area contributed by atoms with Gasteiger partial charge in [0.05, 0.1) is 0 Å². The van der Waals surface area contributed by atoms with Crippen LogP contribution < -0.4 is 5.32 Å². The molecule has 3 aromatic rings. The summed E-state index contributed by atoms with van der Waals surface area (Å²) in [5.74, 6) is 3.08. The van der Waals surface area contributed by atoms with Crippen molar-refractivity contribution in [2.75, 3.05) is 29.9 Å². The molecule has 1 aromatic heterocycles. The lowest BCUT2D eigenvalue weighted by Crippen LogP contribution is -2.32. The number of nitrogens with zero attached hydrogens (tertiary/aromatic N) is 3. The van der Waals surface area contributed by atoms with E-state index >= 15 is 0 Å². The van der Waals surface area contributed by atoms with Crippen LogP contribution in [-0.2, 0) is 12.3 Å². The fourth-order valence-corrected chi connectivity index (χ4v) is 5.07. The molecule has 0 unspecified atom stereocenters. The Labute approximate surface area is 185 Å². The van der Waals surface area contributed by atoms with Crippen molar-refractivity contribution in [3.05, 3.63) is 71.0 Å². The fraction of sp³-hybridized carbons (Fsp3) is 0.318. The number of nitrogens with one attached hydrogen (secondary N) is 2. The lowest BCUT2D eigenvalue weighted by molar-refractivity contribution is 0.102. The molecule has 0 saturated carbocycles. The number of H-pyrrole nitrogens is 1. The predicted molar refractivity (Wildman–Crippen MR) is 124 cm³/mol. The van der Waals surface area contributed by atoms with Gasteiger partial charge in [-0.25, -0.2) is 4.98 Å². The average molecular weight is 440 g/mol. The summed E-state index contributed by atoms with van der Waals surface area (Å²) in [6, 6.07) is 13.9. The van der Waals surface area contributed by atoms with Gasteiger partial charge in [0.1, 0.15) is 6.33 Å². The van der Waals surface area contributed by atoms with Crippen LogP contribution in [0.15, 0.2) is 53.9 Å². The Hall–Kier alpha value is -2.29. The molecule has 2 N–H and O–H groups in total. The molecule has 0 atom stereocenters. The molecule has 0 radical (unpaired) electrons. The van der Waals surface area contributed by atoms with Crippen molar-refractivity contribution in [3.63, 3.8) is 0 Å². The van der Waals surface area contributed by atoms with Gasteiger partial charge < -0.3 is 5.32 Å². The minimum absolute atomic E-state index is 0.0842. The Morgan fingerprint density at radius 1 is 1.20 bits per heavy atom. The maximum Gasteiger partial charge on any atom is 0.255 e. The third-order valence-corrected chi connectivity index (χ3v) is 7.07. The number of anilines is 1. The molecule has 8 heteroatoms. The van der Waals surface area contributed by atoms with Crippen molar-refractivity contribution < 1.29 is 4.79 Å². The number of thioether (sulfide) groups is 2. The first-order valence-corrected chi connectivity index (χ1v) is 12.1. The Kier molecular flexibility index (Phi) is 7.09. The maximum absolute atomic E-state index is 12.8. The molecular weight excluding hydrogens is 414 g/mol. The van der Waals surface area contributed by atoms with Gasteiger partial charge in [-0.05, 0) is 41.8 Å². The monoisotopic (exact) mass is 439 g/mol. The second-order valence-corrected chi connectivity index (χ2v) is 9.40. The van der Waals surface area contributed by atoms with Crippen LogP contribution in [0.25, 0.3) is 0 Å². The standard InChI is InChI=1S/C22H25N5OS2/c1-16-19(13-27-9-11-29-12-10-27)3-2-4-20(16)25-21(28)18-7-5-17(6-8-18)14-30-22-23-15-24-26-22/h2-8,15H,9-14H2,1H3,(H,25,28)(H,23,24,26). The summed E-state index contributed by atoms with van der Waals surface area (Å²) in [5.41, 5.74) is 5.09. The number of carbonyl (C=O) groups is 1. The molecule has 30 heavy (non-hydrogen) atoms. The second-order valence-electron chi connectivity index (χ2n) is 7.21. The van der Waals surface area contributed by atoms with Crippen LogP contribution in [0.3, 0.4) is 0 Å². The SMILES string of the molecule is Cc1c(CN2CCSCC2)cccc1NC(=O)c1ccc(CSc2ncn[nH]2)cc1. The minimum Gasteiger partial charge on any atom is -0.322 e. The Morgan fingerprint density at radius 2 is 2.00 bits per heavy atom. The van der Waals surface area contributed by atoms with Gasteiger partial charge in [-0.1, -0.05) is 36.0 Å². The van der Waals surface area contributed by atoms with E-state index in [0.29, 0.717) is 5.56 Å². The number of carbonyl (C=O) groups excluding carboxylic acids is 1. The molecule has 0 aliphatic carbocycles. The van der Waals surface area contributed by atoms with Crippen molar-refractivity contribution >= 4 is 35.1 Å². The highest BCUT2D eigenvalue weighted by molar-refractivity contribution is 7.99. The van der Waals surface area contributed by atoms with Crippen LogP contribution in [0.5, 0.6) is 0 Å². The molecule has 156 valence electrons. The third kappa shape index (κ3) is 5.44. The zero-order valence-electron chi connectivity index (χ0n) is 16.9. The summed E-state index contributed by atoms with van der Waals surface area (Å²) in [7, 11) is 0. The van der Waals surface area contributed by atoms with Crippen LogP contribution in [0.1, 0.15) is 27.0 Å². The van der Waals surface area contributed by atoms with E-state index in [9.17, 15) is 4.79 Å². The smallest absolute Gasteiger partial charge is 0.255 e. The number of rotatable bonds is 7. The van der Waals surface area contributed by atoms with Crippen LogP contribution in [0, 0.1) is 6.92 Å². The van der Waals surface area contributed by atoms with Crippen molar-refractivity contribution in [1.29, 1.82) is 0 Å². The van der Waals surface area contributed by atoms with Gasteiger partial charge in [-0.3, -0.25) is 14.8 Å². The predicted octanol–water partition coefficient (Wildman–Crippen LogP) is 4.21. The molecule has 1 aliphatic rings. The zero-order chi connectivity index (χ0) is 20.8. The molecule has 0 bridgehead atoms. The Balaban J connectivity index is 1.37. The van der Waals surface area contributed by atoms with E-state index in [1.165, 1.54) is 23.4 Å². The number of hydrogen-bond acceptors (Lipinski definition) is 6. The normalized spacial score (nSPS) is 14.6. The quantitative estimate of drug-likeness (QED) is 0.538. The highest BCUT2D eigenvalue weighted by Crippen LogP contribution is 2.23. The Bertz CT molecular complexity index is 970. The van der Waals surface area contributed by atoms with Crippen LogP contribution in [-0.4, -0.2) is 50.6 Å². The number of benzene rings is 2. The van der Waals surface area contributed by atoms with Crippen molar-refractivity contribution in [3.8, 4) is 0 Å². The summed E-state index contributed by atoms with van der Waals surface area (Å²) in [6.45, 7) is 5.28. The molecular formula is C22H25N5OS2. The lowest BCUT2D eigenvalue weighted by Gasteiger charge is -2.27. The number of amides is 1. The van der Waals surface area contributed by atoms with E-state index in [2.05, 4.69) is 38.4 Å². The van der Waals surface area contributed by atoms with Gasteiger partial charge >= 0.3 is 0 Å². The number of aromatic amines is 1. The van der Waals surface area contributed by atoms with Crippen molar-refractivity contribution in [2.24, 2.45) is 0 Å². The molecule has 0 spiro atoms. The molecule has 6 nitrogen and oxygen atoms in total. The van der Waals surface area contributed by atoms with Crippen LogP contribution >= 0.6 is 23.5 Å². The summed E-state index contributed by atoms with van der Waals surface area (Å²) in [4.78, 5) is 19.4. The Morgan fingerprint density at radius 3 is 2.73 bits per heavy atom. The average Bonchev–Trinajstić information content (AvgIpc) is 3.30. The molecule has 2 aromatic carbocycles. The van der Waals surface area contributed by atoms with E-state index in [-0.39, 0.29) is 5.91 Å². The van der Waals surface area contributed by atoms with Gasteiger partial charge in [0, 0.05) is 48.1 Å². The lowest BCUT2D eigenvalue weighted by atomic mass is 10.1. The van der Waals surface area contributed by atoms with Gasteiger partial charge in [0.2, 0.25) is 0 Å². The first-order chi connectivity index (χ1) is 14.7. The highest BCUT2D eigenvalue weighted by Gasteiger charge is 2.14. The summed E-state index contributed by atoms with van der Waals surface area (Å²) < 4.78 is 0. The fourth-order valence-electron chi connectivity index (χ4n) is 3.35. The molecule has 1 aliphatic heterocycles. The van der Waals surface area contributed by atoms with E-state index in [0.717, 1.165) is 47.4 Å². The van der Waals surface area contributed by atoms with E-state index in [1.807, 2.05) is 48.2 Å². The number of aromatic nitrogens is 3. The van der Waals surface area contributed by atoms with E-state index in [1.54, 1.807) is 11.8 Å². The topological polar surface area (TPSA) is 73.9 Å². The van der Waals surface area contributed by atoms with Crippen LogP contribution in [0.2, 0.25) is 0 Å². The molecule has 2 heterocycles. The summed E-state index contributed by atoms with van der Waals surface area (Å²) >= 11 is 3.60. The van der Waals surface area contributed by atoms with Crippen LogP contribution in [0.4, 0.5) is 5.69 Å². The molecule has 1 fully saturated rings. The third-order valence-electron chi connectivity index (χ3n) is 5.18. The minimum atomic E-state index is -0.0842. The first-order valence-electron chi connectivity index (χ1n) is 9.96. The molecule has 1 saturated heterocycles. The first kappa shape index (κ1) is 21.0. The summed E-state index contributed by atoms with van der Waals surface area (Å²) in [5, 5.41) is 10.6. The summed E-state index contributed by atoms with van der Waals surface area (Å²) in [6.07, 6.45) is 1.50. The van der Waals surface area contributed by atoms with Gasteiger partial charge in [-0.15, -0.1) is 0 Å². The van der Waals surface area contributed by atoms with Gasteiger partial charge in [0.25, 0.3) is 5.91 Å². The number of hydrogen-bond donors (Lipinski definition) is 2. The van der Waals surface area contributed by atoms with Gasteiger partial charge in [-0.2, -0.15) is 16.9 Å². The molecule has 1 amide bonds. The zero-order valence-corrected chi connectivity index (χ0v) is 18.6. The maximum atomic E-state index is 12.8. The largest absolute Gasteiger partial charge is 0.322 e. The highest BCUT2D eigenvalue weighted by atomic mass is 32.2. The van der Waals surface area contributed by atoms with Gasteiger partial charge in [0.15, 0.2) is 5.16 Å². The van der Waals surface area contributed by atoms with E-state index in [4.69, 9.17) is 0 Å².